The van der Waals surface area contributed by atoms with Crippen molar-refractivity contribution >= 4 is 11.6 Å². The number of ether oxygens (including phenoxy) is 1. The third-order valence-corrected chi connectivity index (χ3v) is 5.44. The van der Waals surface area contributed by atoms with Crippen molar-refractivity contribution in [2.75, 3.05) is 25.1 Å². The molecule has 2 aliphatic rings. The third kappa shape index (κ3) is 3.98. The Hall–Kier alpha value is -2.40. The summed E-state index contributed by atoms with van der Waals surface area (Å²) in [4.78, 5) is 17.1. The van der Waals surface area contributed by atoms with Crippen LogP contribution in [0.15, 0.2) is 42.5 Å². The zero-order valence-electron chi connectivity index (χ0n) is 15.7. The van der Waals surface area contributed by atoms with E-state index in [1.54, 1.807) is 19.2 Å². The molecule has 2 aromatic rings. The highest BCUT2D eigenvalue weighted by Crippen LogP contribution is 2.32. The molecular formula is C22H25FN2O2. The summed E-state index contributed by atoms with van der Waals surface area (Å²) >= 11 is 0. The number of halogens is 1. The molecule has 0 radical (unpaired) electrons. The van der Waals surface area contributed by atoms with E-state index in [-0.39, 0.29) is 11.7 Å². The lowest BCUT2D eigenvalue weighted by atomic mass is 10.0. The largest absolute Gasteiger partial charge is 0.497 e. The van der Waals surface area contributed by atoms with E-state index < -0.39 is 0 Å². The molecule has 1 amide bonds. The molecule has 1 fully saturated rings. The van der Waals surface area contributed by atoms with Crippen molar-refractivity contribution in [1.29, 1.82) is 0 Å². The van der Waals surface area contributed by atoms with E-state index in [9.17, 15) is 9.18 Å². The molecule has 0 aromatic heterocycles. The van der Waals surface area contributed by atoms with Crippen LogP contribution >= 0.6 is 0 Å². The second kappa shape index (κ2) is 7.69. The number of aryl methyl sites for hydroxylation is 1. The van der Waals surface area contributed by atoms with E-state index >= 15 is 0 Å². The van der Waals surface area contributed by atoms with Gasteiger partial charge in [-0.1, -0.05) is 18.2 Å². The van der Waals surface area contributed by atoms with Crippen LogP contribution in [0, 0.1) is 5.82 Å². The number of nitrogens with zero attached hydrogens (tertiary/aromatic N) is 2. The molecule has 2 aromatic carbocycles. The maximum atomic E-state index is 14.1. The van der Waals surface area contributed by atoms with Gasteiger partial charge >= 0.3 is 0 Å². The van der Waals surface area contributed by atoms with Gasteiger partial charge < -0.3 is 9.64 Å². The smallest absolute Gasteiger partial charge is 0.241 e. The van der Waals surface area contributed by atoms with Crippen LogP contribution in [0.25, 0.3) is 0 Å². The summed E-state index contributed by atoms with van der Waals surface area (Å²) in [6.45, 7) is 1.53. The molecule has 1 aliphatic carbocycles. The number of benzene rings is 2. The summed E-state index contributed by atoms with van der Waals surface area (Å²) in [6, 6.07) is 13.1. The predicted octanol–water partition coefficient (Wildman–Crippen LogP) is 3.78. The summed E-state index contributed by atoms with van der Waals surface area (Å²) in [6.07, 6.45) is 4.06. The lowest BCUT2D eigenvalue weighted by molar-refractivity contribution is -0.120. The molecule has 0 unspecified atom stereocenters. The van der Waals surface area contributed by atoms with Gasteiger partial charge in [-0.25, -0.2) is 4.39 Å². The van der Waals surface area contributed by atoms with Gasteiger partial charge in [0.25, 0.3) is 0 Å². The average molecular weight is 368 g/mol. The highest BCUT2D eigenvalue weighted by atomic mass is 19.1. The maximum absolute atomic E-state index is 14.1. The molecule has 0 bridgehead atoms. The van der Waals surface area contributed by atoms with Crippen molar-refractivity contribution in [3.05, 3.63) is 59.4 Å². The van der Waals surface area contributed by atoms with E-state index in [4.69, 9.17) is 4.74 Å². The third-order valence-electron chi connectivity index (χ3n) is 5.44. The molecule has 0 spiro atoms. The fourth-order valence-corrected chi connectivity index (χ4v) is 3.82. The number of fused-ring (bicyclic) bond motifs is 1. The first kappa shape index (κ1) is 18.0. The number of amides is 1. The van der Waals surface area contributed by atoms with E-state index in [2.05, 4.69) is 4.90 Å². The molecule has 27 heavy (non-hydrogen) atoms. The lowest BCUT2D eigenvalue weighted by Crippen LogP contribution is -2.43. The normalized spacial score (nSPS) is 16.3. The highest BCUT2D eigenvalue weighted by molar-refractivity contribution is 5.96. The van der Waals surface area contributed by atoms with Crippen LogP contribution in [0.1, 0.15) is 30.4 Å². The fraction of sp³-hybridized carbons (Fsp3) is 0.409. The average Bonchev–Trinajstić information content (AvgIpc) is 3.53. The van der Waals surface area contributed by atoms with Crippen LogP contribution in [0.5, 0.6) is 5.75 Å². The van der Waals surface area contributed by atoms with Crippen LogP contribution < -0.4 is 9.64 Å². The topological polar surface area (TPSA) is 32.8 Å². The van der Waals surface area contributed by atoms with Crippen LogP contribution in [0.3, 0.4) is 0 Å². The van der Waals surface area contributed by atoms with Crippen LogP contribution in [0.2, 0.25) is 0 Å². The monoisotopic (exact) mass is 368 g/mol. The summed E-state index contributed by atoms with van der Waals surface area (Å²) in [5, 5.41) is 0. The molecule has 0 saturated heterocycles. The van der Waals surface area contributed by atoms with Crippen molar-refractivity contribution in [3.63, 3.8) is 0 Å². The van der Waals surface area contributed by atoms with Crippen molar-refractivity contribution in [2.24, 2.45) is 0 Å². The Labute approximate surface area is 159 Å². The Morgan fingerprint density at radius 1 is 1.26 bits per heavy atom. The molecule has 1 saturated carbocycles. The number of methoxy groups -OCH3 is 1. The molecular weight excluding hydrogens is 343 g/mol. The summed E-state index contributed by atoms with van der Waals surface area (Å²) in [5.74, 6) is 0.706. The number of hydrogen-bond acceptors (Lipinski definition) is 3. The number of carbonyl (C=O) groups excluding carboxylic acids is 1. The second-order valence-electron chi connectivity index (χ2n) is 7.37. The van der Waals surface area contributed by atoms with E-state index in [1.165, 1.54) is 6.07 Å². The van der Waals surface area contributed by atoms with Gasteiger partial charge in [0.05, 0.1) is 13.7 Å². The van der Waals surface area contributed by atoms with Crippen molar-refractivity contribution in [3.8, 4) is 5.75 Å². The van der Waals surface area contributed by atoms with Crippen LogP contribution in [-0.2, 0) is 17.8 Å². The zero-order chi connectivity index (χ0) is 18.8. The van der Waals surface area contributed by atoms with Gasteiger partial charge in [-0.2, -0.15) is 0 Å². The van der Waals surface area contributed by atoms with E-state index in [0.29, 0.717) is 24.7 Å². The van der Waals surface area contributed by atoms with Crippen molar-refractivity contribution in [2.45, 2.75) is 38.3 Å². The lowest BCUT2D eigenvalue weighted by Gasteiger charge is -2.32. The SMILES string of the molecule is COc1ccc2c(c1)CCCN2C(=O)CN(Cc1ccccc1F)C1CC1. The summed E-state index contributed by atoms with van der Waals surface area (Å²) < 4.78 is 19.4. The Bertz CT molecular complexity index is 835. The predicted molar refractivity (Wildman–Crippen MR) is 104 cm³/mol. The van der Waals surface area contributed by atoms with Gasteiger partial charge in [0.1, 0.15) is 11.6 Å². The molecule has 4 nitrogen and oxygen atoms in total. The van der Waals surface area contributed by atoms with Gasteiger partial charge in [0.2, 0.25) is 5.91 Å². The van der Waals surface area contributed by atoms with E-state index in [0.717, 1.165) is 49.2 Å². The Morgan fingerprint density at radius 2 is 2.07 bits per heavy atom. The maximum Gasteiger partial charge on any atom is 0.241 e. The summed E-state index contributed by atoms with van der Waals surface area (Å²) in [5.41, 5.74) is 2.79. The Balaban J connectivity index is 1.50. The van der Waals surface area contributed by atoms with Gasteiger partial charge in [-0.15, -0.1) is 0 Å². The van der Waals surface area contributed by atoms with E-state index in [1.807, 2.05) is 29.2 Å². The number of carbonyl (C=O) groups is 1. The molecule has 0 atom stereocenters. The first-order chi connectivity index (χ1) is 13.2. The number of anilines is 1. The molecule has 1 heterocycles. The van der Waals surface area contributed by atoms with Crippen molar-refractivity contribution in [1.82, 2.24) is 4.90 Å². The minimum atomic E-state index is -0.203. The first-order valence-corrected chi connectivity index (χ1v) is 9.60. The Morgan fingerprint density at radius 3 is 2.81 bits per heavy atom. The first-order valence-electron chi connectivity index (χ1n) is 9.60. The van der Waals surface area contributed by atoms with Gasteiger partial charge in [-0.05, 0) is 55.5 Å². The molecule has 5 heteroatoms. The van der Waals surface area contributed by atoms with Crippen LogP contribution in [-0.4, -0.2) is 37.0 Å². The number of hydrogen-bond donors (Lipinski definition) is 0. The molecule has 0 N–H and O–H groups in total. The minimum Gasteiger partial charge on any atom is -0.497 e. The quantitative estimate of drug-likeness (QED) is 0.778. The van der Waals surface area contributed by atoms with Crippen molar-refractivity contribution < 1.29 is 13.9 Å². The zero-order valence-corrected chi connectivity index (χ0v) is 15.7. The Kier molecular flexibility index (Phi) is 5.12. The highest BCUT2D eigenvalue weighted by Gasteiger charge is 2.33. The second-order valence-corrected chi connectivity index (χ2v) is 7.37. The standard InChI is InChI=1S/C22H25FN2O2/c1-27-19-10-11-21-16(13-19)6-4-12-25(21)22(26)15-24(18-8-9-18)14-17-5-2-3-7-20(17)23/h2-3,5,7,10-11,13,18H,4,6,8-9,12,14-15H2,1H3. The number of rotatable bonds is 6. The fourth-order valence-electron chi connectivity index (χ4n) is 3.82. The molecule has 1 aliphatic heterocycles. The van der Waals surface area contributed by atoms with Gasteiger partial charge in [-0.3, -0.25) is 9.69 Å². The van der Waals surface area contributed by atoms with Gasteiger partial charge in [0.15, 0.2) is 0 Å². The van der Waals surface area contributed by atoms with Crippen LogP contribution in [0.4, 0.5) is 10.1 Å². The van der Waals surface area contributed by atoms with Gasteiger partial charge in [0, 0.05) is 30.4 Å². The molecule has 4 rings (SSSR count). The minimum absolute atomic E-state index is 0.0874. The summed E-state index contributed by atoms with van der Waals surface area (Å²) in [7, 11) is 1.66. The molecule has 142 valence electrons.